The lowest BCUT2D eigenvalue weighted by Gasteiger charge is -2.31. The number of nitrogens with one attached hydrogen (secondary N) is 2. The Balaban J connectivity index is 1.63. The van der Waals surface area contributed by atoms with E-state index < -0.39 is 0 Å². The van der Waals surface area contributed by atoms with Crippen LogP contribution in [0.1, 0.15) is 25.5 Å². The van der Waals surface area contributed by atoms with Crippen LogP contribution in [0.2, 0.25) is 5.02 Å². The molecular formula is C26H23ClN4O2. The van der Waals surface area contributed by atoms with E-state index in [1.807, 2.05) is 86.6 Å². The molecule has 2 N–H and O–H groups in total. The summed E-state index contributed by atoms with van der Waals surface area (Å²) < 4.78 is 7.77. The Bertz CT molecular complexity index is 1370. The molecule has 166 valence electrons. The molecule has 0 radical (unpaired) electrons. The molecule has 3 aromatic carbocycles. The first-order valence-electron chi connectivity index (χ1n) is 10.8. The maximum atomic E-state index is 13.7. The van der Waals surface area contributed by atoms with Crippen LogP contribution in [0.3, 0.4) is 0 Å². The number of ether oxygens (including phenoxy) is 1. The third-order valence-electron chi connectivity index (χ3n) is 5.70. The van der Waals surface area contributed by atoms with E-state index in [2.05, 4.69) is 15.2 Å². The van der Waals surface area contributed by atoms with Gasteiger partial charge in [0.2, 0.25) is 5.95 Å². The Kier molecular flexibility index (Phi) is 5.52. The number of halogens is 1. The second kappa shape index (κ2) is 8.64. The first-order chi connectivity index (χ1) is 16.1. The molecule has 1 aromatic heterocycles. The average molecular weight is 459 g/mol. The van der Waals surface area contributed by atoms with Gasteiger partial charge in [-0.25, -0.2) is 4.98 Å². The summed E-state index contributed by atoms with van der Waals surface area (Å²) in [6.07, 6.45) is 0. The van der Waals surface area contributed by atoms with E-state index >= 15 is 0 Å². The molecule has 7 heteroatoms. The number of benzene rings is 3. The number of amides is 1. The van der Waals surface area contributed by atoms with Gasteiger partial charge in [0, 0.05) is 10.7 Å². The number of imidazole rings is 1. The predicted molar refractivity (Wildman–Crippen MR) is 132 cm³/mol. The van der Waals surface area contributed by atoms with E-state index in [1.54, 1.807) is 0 Å². The zero-order chi connectivity index (χ0) is 22.9. The SMILES string of the molecule is CCOc1ccccc1NC(=O)C1=C(C)Nc2nc3ccccc3n2[C@H]1c1ccc(Cl)cc1. The van der Waals surface area contributed by atoms with Crippen molar-refractivity contribution in [3.8, 4) is 5.75 Å². The largest absolute Gasteiger partial charge is 0.492 e. The quantitative estimate of drug-likeness (QED) is 0.384. The van der Waals surface area contributed by atoms with Crippen LogP contribution in [0.4, 0.5) is 11.6 Å². The number of hydrogen-bond donors (Lipinski definition) is 2. The highest BCUT2D eigenvalue weighted by molar-refractivity contribution is 6.30. The molecule has 1 aliphatic heterocycles. The maximum Gasteiger partial charge on any atom is 0.255 e. The number of allylic oxidation sites excluding steroid dienone is 1. The van der Waals surface area contributed by atoms with Crippen molar-refractivity contribution in [3.63, 3.8) is 0 Å². The van der Waals surface area contributed by atoms with Crippen LogP contribution in [0.25, 0.3) is 11.0 Å². The van der Waals surface area contributed by atoms with Crippen molar-refractivity contribution in [1.82, 2.24) is 9.55 Å². The van der Waals surface area contributed by atoms with Gasteiger partial charge in [0.1, 0.15) is 5.75 Å². The van der Waals surface area contributed by atoms with Crippen LogP contribution < -0.4 is 15.4 Å². The van der Waals surface area contributed by atoms with Gasteiger partial charge in [-0.2, -0.15) is 0 Å². The van der Waals surface area contributed by atoms with Crippen LogP contribution >= 0.6 is 11.6 Å². The zero-order valence-electron chi connectivity index (χ0n) is 18.3. The smallest absolute Gasteiger partial charge is 0.255 e. The molecule has 0 saturated heterocycles. The predicted octanol–water partition coefficient (Wildman–Crippen LogP) is 6.02. The first-order valence-corrected chi connectivity index (χ1v) is 11.2. The number of fused-ring (bicyclic) bond motifs is 3. The Morgan fingerprint density at radius 2 is 1.82 bits per heavy atom. The van der Waals surface area contributed by atoms with E-state index in [0.29, 0.717) is 34.6 Å². The van der Waals surface area contributed by atoms with Crippen LogP contribution in [0.15, 0.2) is 84.1 Å². The standard InChI is InChI=1S/C26H23ClN4O2/c1-3-33-22-11-7-5-9-20(22)29-25(32)23-16(2)28-26-30-19-8-4-6-10-21(19)31(26)24(23)17-12-14-18(27)15-13-17/h4-15,24H,3H2,1-2H3,(H,28,30)(H,29,32)/t24-/m0/s1. The third kappa shape index (κ3) is 3.83. The first kappa shape index (κ1) is 21.1. The highest BCUT2D eigenvalue weighted by atomic mass is 35.5. The summed E-state index contributed by atoms with van der Waals surface area (Å²) in [5.74, 6) is 1.11. The molecule has 0 unspecified atom stereocenters. The molecule has 0 saturated carbocycles. The fraction of sp³-hybridized carbons (Fsp3) is 0.154. The highest BCUT2D eigenvalue weighted by Gasteiger charge is 2.34. The zero-order valence-corrected chi connectivity index (χ0v) is 19.1. The number of rotatable bonds is 5. The summed E-state index contributed by atoms with van der Waals surface area (Å²) in [5.41, 5.74) is 4.69. The molecule has 4 aromatic rings. The van der Waals surface area contributed by atoms with Crippen molar-refractivity contribution in [3.05, 3.63) is 94.7 Å². The van der Waals surface area contributed by atoms with E-state index in [0.717, 1.165) is 22.3 Å². The number of nitrogens with zero attached hydrogens (tertiary/aromatic N) is 2. The summed E-state index contributed by atoms with van der Waals surface area (Å²) in [6.45, 7) is 4.32. The van der Waals surface area contributed by atoms with Gasteiger partial charge in [0.25, 0.3) is 5.91 Å². The molecule has 1 aliphatic rings. The molecule has 0 spiro atoms. The van der Waals surface area contributed by atoms with Gasteiger partial charge < -0.3 is 15.4 Å². The lowest BCUT2D eigenvalue weighted by Crippen LogP contribution is -2.31. The van der Waals surface area contributed by atoms with E-state index in [9.17, 15) is 4.79 Å². The Morgan fingerprint density at radius 3 is 2.61 bits per heavy atom. The number of carbonyl (C=O) groups is 1. The average Bonchev–Trinajstić information content (AvgIpc) is 3.18. The number of anilines is 2. The lowest BCUT2D eigenvalue weighted by molar-refractivity contribution is -0.113. The van der Waals surface area contributed by atoms with Crippen molar-refractivity contribution in [1.29, 1.82) is 0 Å². The van der Waals surface area contributed by atoms with Gasteiger partial charge in [0.15, 0.2) is 0 Å². The second-order valence-electron chi connectivity index (χ2n) is 7.80. The van der Waals surface area contributed by atoms with Crippen LogP contribution in [0, 0.1) is 0 Å². The van der Waals surface area contributed by atoms with Crippen LogP contribution in [0.5, 0.6) is 5.75 Å². The van der Waals surface area contributed by atoms with Gasteiger partial charge in [-0.05, 0) is 55.8 Å². The van der Waals surface area contributed by atoms with Gasteiger partial charge in [-0.3, -0.25) is 9.36 Å². The minimum absolute atomic E-state index is 0.212. The molecule has 1 amide bonds. The normalized spacial score (nSPS) is 15.2. The molecule has 6 nitrogen and oxygen atoms in total. The third-order valence-corrected chi connectivity index (χ3v) is 5.95. The maximum absolute atomic E-state index is 13.7. The van der Waals surface area contributed by atoms with Crippen molar-refractivity contribution >= 4 is 40.2 Å². The lowest BCUT2D eigenvalue weighted by atomic mass is 9.94. The topological polar surface area (TPSA) is 68.2 Å². The molecule has 5 rings (SSSR count). The highest BCUT2D eigenvalue weighted by Crippen LogP contribution is 2.40. The summed E-state index contributed by atoms with van der Waals surface area (Å²) in [4.78, 5) is 18.5. The molecule has 2 heterocycles. The van der Waals surface area contributed by atoms with Crippen molar-refractivity contribution in [2.24, 2.45) is 0 Å². The van der Waals surface area contributed by atoms with E-state index in [-0.39, 0.29) is 11.9 Å². The minimum atomic E-state index is -0.384. The van der Waals surface area contributed by atoms with Crippen molar-refractivity contribution in [2.75, 3.05) is 17.2 Å². The molecule has 0 fully saturated rings. The number of para-hydroxylation sites is 4. The summed E-state index contributed by atoms with van der Waals surface area (Å²) in [7, 11) is 0. The number of aromatic nitrogens is 2. The second-order valence-corrected chi connectivity index (χ2v) is 8.23. The van der Waals surface area contributed by atoms with E-state index in [4.69, 9.17) is 21.3 Å². The summed E-state index contributed by atoms with van der Waals surface area (Å²) in [5, 5.41) is 7.03. The minimum Gasteiger partial charge on any atom is -0.492 e. The van der Waals surface area contributed by atoms with Crippen molar-refractivity contribution in [2.45, 2.75) is 19.9 Å². The van der Waals surface area contributed by atoms with Gasteiger partial charge >= 0.3 is 0 Å². The summed E-state index contributed by atoms with van der Waals surface area (Å²) >= 11 is 6.17. The van der Waals surface area contributed by atoms with Gasteiger partial charge in [-0.15, -0.1) is 0 Å². The van der Waals surface area contributed by atoms with E-state index in [1.165, 1.54) is 0 Å². The molecule has 0 aliphatic carbocycles. The van der Waals surface area contributed by atoms with Gasteiger partial charge in [0.05, 0.1) is 34.9 Å². The molecule has 33 heavy (non-hydrogen) atoms. The monoisotopic (exact) mass is 458 g/mol. The fourth-order valence-corrected chi connectivity index (χ4v) is 4.39. The molecule has 1 atom stereocenters. The number of hydrogen-bond acceptors (Lipinski definition) is 4. The Morgan fingerprint density at radius 1 is 1.09 bits per heavy atom. The number of carbonyl (C=O) groups excluding carboxylic acids is 1. The molecule has 0 bridgehead atoms. The fourth-order valence-electron chi connectivity index (χ4n) is 4.26. The Labute approximate surface area is 196 Å². The van der Waals surface area contributed by atoms with Gasteiger partial charge in [-0.1, -0.05) is 48.0 Å². The van der Waals surface area contributed by atoms with Crippen molar-refractivity contribution < 1.29 is 9.53 Å². The molecular weight excluding hydrogens is 436 g/mol. The Hall–Kier alpha value is -3.77. The summed E-state index contributed by atoms with van der Waals surface area (Å²) in [6, 6.07) is 22.5. The van der Waals surface area contributed by atoms with Crippen LogP contribution in [-0.4, -0.2) is 22.1 Å². The van der Waals surface area contributed by atoms with Crippen LogP contribution in [-0.2, 0) is 4.79 Å².